The molecule has 0 N–H and O–H groups in total. The van der Waals surface area contributed by atoms with Gasteiger partial charge in [0.1, 0.15) is 29.1 Å². The van der Waals surface area contributed by atoms with Gasteiger partial charge in [0.25, 0.3) is 5.91 Å². The lowest BCUT2D eigenvalue weighted by atomic mass is 10.0. The van der Waals surface area contributed by atoms with Crippen molar-refractivity contribution in [1.82, 2.24) is 14.8 Å². The van der Waals surface area contributed by atoms with Crippen LogP contribution in [0.3, 0.4) is 0 Å². The molecule has 4 rings (SSSR count). The summed E-state index contributed by atoms with van der Waals surface area (Å²) >= 11 is 5.68. The molecule has 2 unspecified atom stereocenters. The minimum Gasteiger partial charge on any atom is -0.489 e. The van der Waals surface area contributed by atoms with Crippen LogP contribution in [0.2, 0.25) is 0 Å². The van der Waals surface area contributed by atoms with Gasteiger partial charge in [-0.05, 0) is 104 Å². The van der Waals surface area contributed by atoms with Crippen molar-refractivity contribution in [3.05, 3.63) is 47.3 Å². The Morgan fingerprint density at radius 3 is 2.31 bits per heavy atom. The molecule has 1 aromatic heterocycles. The Morgan fingerprint density at radius 2 is 1.77 bits per heavy atom. The highest BCUT2D eigenvalue weighted by molar-refractivity contribution is 7.81. The quantitative estimate of drug-likeness (QED) is 0.300. The van der Waals surface area contributed by atoms with E-state index in [1.54, 1.807) is 29.7 Å². The van der Waals surface area contributed by atoms with Crippen molar-refractivity contribution >= 4 is 40.7 Å². The number of anilines is 2. The summed E-state index contributed by atoms with van der Waals surface area (Å²) in [5.41, 5.74) is -2.57. The molecule has 0 spiro atoms. The minimum atomic E-state index is -4.85. The second-order valence-corrected chi connectivity index (χ2v) is 14.3. The van der Waals surface area contributed by atoms with Crippen LogP contribution in [0.1, 0.15) is 79.1 Å². The molecule has 2 saturated heterocycles. The number of piperazine rings is 1. The van der Waals surface area contributed by atoms with Crippen molar-refractivity contribution < 1.29 is 32.2 Å². The third-order valence-corrected chi connectivity index (χ3v) is 8.70. The predicted molar refractivity (Wildman–Crippen MR) is 180 cm³/mol. The first kappa shape index (κ1) is 36.9. The molecular formula is C34H43F3N6O4S. The smallest absolute Gasteiger partial charge is 0.419 e. The highest BCUT2D eigenvalue weighted by Gasteiger charge is 2.51. The summed E-state index contributed by atoms with van der Waals surface area (Å²) in [4.78, 5) is 36.8. The number of halogens is 3. The van der Waals surface area contributed by atoms with E-state index in [1.807, 2.05) is 60.6 Å². The Hall–Kier alpha value is -3.96. The number of pyridine rings is 1. The van der Waals surface area contributed by atoms with Crippen molar-refractivity contribution in [2.45, 2.75) is 104 Å². The highest BCUT2D eigenvalue weighted by Crippen LogP contribution is 2.40. The molecule has 260 valence electrons. The zero-order chi connectivity index (χ0) is 35.9. The number of aryl methyl sites for hydroxylation is 1. The van der Waals surface area contributed by atoms with Gasteiger partial charge in [-0.1, -0.05) is 6.92 Å². The molecule has 2 amide bonds. The molecule has 48 heavy (non-hydrogen) atoms. The number of amides is 2. The lowest BCUT2D eigenvalue weighted by molar-refractivity contribution is -0.138. The van der Waals surface area contributed by atoms with E-state index in [2.05, 4.69) is 9.88 Å². The number of carbonyl (C=O) groups is 2. The van der Waals surface area contributed by atoms with E-state index in [0.29, 0.717) is 37.5 Å². The Bertz CT molecular complexity index is 1610. The maximum Gasteiger partial charge on any atom is 0.419 e. The summed E-state index contributed by atoms with van der Waals surface area (Å²) in [6.07, 6.45) is -3.70. The number of thiocarbonyl (C=S) groups is 1. The molecule has 1 aromatic carbocycles. The zero-order valence-electron chi connectivity index (χ0n) is 28.8. The number of carbonyl (C=O) groups excluding carboxylic acids is 2. The van der Waals surface area contributed by atoms with Gasteiger partial charge in [-0.15, -0.1) is 0 Å². The van der Waals surface area contributed by atoms with E-state index in [1.165, 1.54) is 6.07 Å². The summed E-state index contributed by atoms with van der Waals surface area (Å²) in [6.45, 7) is 18.8. The number of nitriles is 1. The van der Waals surface area contributed by atoms with Gasteiger partial charge in [-0.3, -0.25) is 14.6 Å². The molecule has 2 aliphatic heterocycles. The van der Waals surface area contributed by atoms with Gasteiger partial charge in [0.2, 0.25) is 0 Å². The van der Waals surface area contributed by atoms with Gasteiger partial charge in [0, 0.05) is 37.4 Å². The number of rotatable bonds is 7. The average molecular weight is 689 g/mol. The number of hydrogen-bond acceptors (Lipinski definition) is 8. The lowest BCUT2D eigenvalue weighted by Gasteiger charge is -2.45. The zero-order valence-corrected chi connectivity index (χ0v) is 29.6. The molecule has 3 atom stereocenters. The maximum atomic E-state index is 13.7. The molecule has 2 aliphatic rings. The molecule has 0 radical (unpaired) electrons. The van der Waals surface area contributed by atoms with Gasteiger partial charge in [-0.25, -0.2) is 9.78 Å². The molecule has 0 saturated carbocycles. The molecule has 0 bridgehead atoms. The van der Waals surface area contributed by atoms with Gasteiger partial charge in [0.15, 0.2) is 10.8 Å². The predicted octanol–water partition coefficient (Wildman–Crippen LogP) is 6.55. The number of nitrogens with zero attached hydrogens (tertiary/aromatic N) is 6. The van der Waals surface area contributed by atoms with Crippen molar-refractivity contribution in [3.63, 3.8) is 0 Å². The molecule has 14 heteroatoms. The van der Waals surface area contributed by atoms with E-state index in [0.717, 1.165) is 22.7 Å². The monoisotopic (exact) mass is 688 g/mol. The van der Waals surface area contributed by atoms with E-state index in [4.69, 9.17) is 27.0 Å². The van der Waals surface area contributed by atoms with Gasteiger partial charge < -0.3 is 19.3 Å². The largest absolute Gasteiger partial charge is 0.489 e. The summed E-state index contributed by atoms with van der Waals surface area (Å²) in [7, 11) is 0. The Labute approximate surface area is 285 Å². The van der Waals surface area contributed by atoms with Gasteiger partial charge in [-0.2, -0.15) is 18.4 Å². The van der Waals surface area contributed by atoms with Crippen molar-refractivity contribution in [2.75, 3.05) is 29.4 Å². The third kappa shape index (κ3) is 7.52. The van der Waals surface area contributed by atoms with E-state index < -0.39 is 34.5 Å². The van der Waals surface area contributed by atoms with Crippen LogP contribution in [-0.2, 0) is 22.1 Å². The van der Waals surface area contributed by atoms with Crippen LogP contribution >= 0.6 is 12.2 Å². The Balaban J connectivity index is 1.51. The Kier molecular flexibility index (Phi) is 10.4. The second kappa shape index (κ2) is 13.5. The van der Waals surface area contributed by atoms with Crippen molar-refractivity contribution in [3.8, 4) is 11.8 Å². The van der Waals surface area contributed by atoms with E-state index in [-0.39, 0.29) is 35.1 Å². The third-order valence-electron chi connectivity index (χ3n) is 8.34. The summed E-state index contributed by atoms with van der Waals surface area (Å²) in [6, 6.07) is 7.54. The lowest BCUT2D eigenvalue weighted by Crippen LogP contribution is -2.60. The van der Waals surface area contributed by atoms with E-state index >= 15 is 0 Å². The molecule has 0 aliphatic carbocycles. The van der Waals surface area contributed by atoms with E-state index in [9.17, 15) is 22.8 Å². The minimum absolute atomic E-state index is 0.0116. The summed E-state index contributed by atoms with van der Waals surface area (Å²) in [5.74, 6) is 0.133. The fraction of sp³-hybridized carbons (Fsp3) is 0.559. The first-order valence-corrected chi connectivity index (χ1v) is 16.3. The van der Waals surface area contributed by atoms with Crippen LogP contribution in [0.4, 0.5) is 29.3 Å². The summed E-state index contributed by atoms with van der Waals surface area (Å²) < 4.78 is 53.1. The van der Waals surface area contributed by atoms with Gasteiger partial charge in [0.05, 0.1) is 17.4 Å². The van der Waals surface area contributed by atoms with Crippen LogP contribution in [-0.4, -0.2) is 80.9 Å². The molecule has 2 fully saturated rings. The summed E-state index contributed by atoms with van der Waals surface area (Å²) in [5, 5.41) is 9.14. The van der Waals surface area contributed by atoms with Crippen LogP contribution in [0, 0.1) is 11.3 Å². The molecule has 10 nitrogen and oxygen atoms in total. The number of aromatic nitrogens is 1. The Morgan fingerprint density at radius 1 is 1.15 bits per heavy atom. The number of benzene rings is 1. The second-order valence-electron chi connectivity index (χ2n) is 13.9. The maximum absolute atomic E-state index is 13.7. The normalized spacial score (nSPS) is 20.9. The molecule has 2 aromatic rings. The standard InChI is InChI=1S/C34H43F3N6O4S/c1-10-23-13-24(43-30(48)42(29(44)33(43,8)9)25-14-26(34(35,36)37)27(15-38)39-16-25)11-12-28(23)46-22(4)19-40-17-20(2)41(21(3)18-40)31(45)47-32(5,6)7/h11-14,16,20-22H,10,17-19H2,1-9H3/t20?,21?,22-/m0/s1. The van der Waals surface area contributed by atoms with Crippen LogP contribution in [0.25, 0.3) is 0 Å². The first-order chi connectivity index (χ1) is 22.2. The topological polar surface area (TPSA) is 102 Å². The fourth-order valence-corrected chi connectivity index (χ4v) is 6.83. The number of alkyl halides is 3. The molecule has 3 heterocycles. The SMILES string of the molecule is CCc1cc(N2C(=S)N(c3cnc(C#N)c(C(F)(F)F)c3)C(=O)C2(C)C)ccc1O[C@@H](C)CN1CC(C)N(C(=O)OC(C)(C)C)C(C)C1. The van der Waals surface area contributed by atoms with Crippen LogP contribution < -0.4 is 14.5 Å². The number of ether oxygens (including phenoxy) is 2. The highest BCUT2D eigenvalue weighted by atomic mass is 32.1. The van der Waals surface area contributed by atoms with Crippen LogP contribution in [0.5, 0.6) is 5.75 Å². The molecular weight excluding hydrogens is 645 g/mol. The van der Waals surface area contributed by atoms with Crippen LogP contribution in [0.15, 0.2) is 30.5 Å². The first-order valence-electron chi connectivity index (χ1n) is 15.9. The van der Waals surface area contributed by atoms with Crippen molar-refractivity contribution in [2.24, 2.45) is 0 Å². The fourth-order valence-electron chi connectivity index (χ4n) is 6.31. The average Bonchev–Trinajstić information content (AvgIpc) is 3.13. The van der Waals surface area contributed by atoms with Crippen molar-refractivity contribution in [1.29, 1.82) is 5.26 Å². The number of hydrogen-bond donors (Lipinski definition) is 0. The van der Waals surface area contributed by atoms with Gasteiger partial charge >= 0.3 is 12.3 Å².